The number of carboxylic acids is 1. The van der Waals surface area contributed by atoms with Crippen LogP contribution >= 0.6 is 0 Å². The molecule has 0 unspecified atom stereocenters. The maximum absolute atomic E-state index is 14.0. The third-order valence-corrected chi connectivity index (χ3v) is 8.76. The van der Waals surface area contributed by atoms with Crippen LogP contribution in [0, 0.1) is 11.6 Å². The number of benzene rings is 3. The summed E-state index contributed by atoms with van der Waals surface area (Å²) in [6, 6.07) is 18.7. The molecule has 1 saturated carbocycles. The van der Waals surface area contributed by atoms with Crippen LogP contribution in [0.2, 0.25) is 0 Å². The number of hydrogen-bond donors (Lipinski definition) is 4. The monoisotopic (exact) mass is 592 g/mol. The molecule has 0 aliphatic heterocycles. The Balaban J connectivity index is 1.49. The normalized spacial score (nSPS) is 16.5. The summed E-state index contributed by atoms with van der Waals surface area (Å²) in [6.07, 6.45) is 5.95. The summed E-state index contributed by atoms with van der Waals surface area (Å²) in [7, 11) is 0. The van der Waals surface area contributed by atoms with Gasteiger partial charge < -0.3 is 20.8 Å². The number of aliphatic hydroxyl groups is 1. The third-order valence-electron chi connectivity index (χ3n) is 8.76. The molecule has 1 fully saturated rings. The summed E-state index contributed by atoms with van der Waals surface area (Å²) in [5, 5.41) is 28.2. The number of aromatic carboxylic acids is 1. The molecular formula is C36H46F2N2O3. The molecule has 4 rings (SSSR count). The van der Waals surface area contributed by atoms with Gasteiger partial charge in [-0.15, -0.1) is 0 Å². The smallest absolute Gasteiger partial charge is 0.335 e. The van der Waals surface area contributed by atoms with Crippen LogP contribution in [0.15, 0.2) is 66.7 Å². The molecule has 0 bridgehead atoms. The highest BCUT2D eigenvalue weighted by molar-refractivity contribution is 5.89. The second-order valence-corrected chi connectivity index (χ2v) is 13.0. The van der Waals surface area contributed by atoms with E-state index in [4.69, 9.17) is 0 Å². The Labute approximate surface area is 254 Å². The number of halogens is 2. The first-order valence-electron chi connectivity index (χ1n) is 15.5. The van der Waals surface area contributed by atoms with Crippen molar-refractivity contribution in [1.29, 1.82) is 0 Å². The van der Waals surface area contributed by atoms with Crippen molar-refractivity contribution < 1.29 is 23.8 Å². The van der Waals surface area contributed by atoms with Gasteiger partial charge in [0.05, 0.1) is 11.7 Å². The molecule has 232 valence electrons. The summed E-state index contributed by atoms with van der Waals surface area (Å²) in [5.74, 6) is -2.25. The summed E-state index contributed by atoms with van der Waals surface area (Å²) < 4.78 is 28.1. The van der Waals surface area contributed by atoms with Gasteiger partial charge in [-0.05, 0) is 84.5 Å². The minimum atomic E-state index is -0.958. The van der Waals surface area contributed by atoms with Gasteiger partial charge in [0.15, 0.2) is 0 Å². The van der Waals surface area contributed by atoms with E-state index in [0.29, 0.717) is 31.5 Å². The van der Waals surface area contributed by atoms with E-state index < -0.39 is 29.7 Å². The van der Waals surface area contributed by atoms with Gasteiger partial charge in [-0.3, -0.25) is 0 Å². The topological polar surface area (TPSA) is 81.6 Å². The molecule has 4 N–H and O–H groups in total. The SMILES string of the molecule is CC(C)(C)c1cccc(C2(NC[C@@H](O)[C@H](Cc3cc(F)cc(F)c3)NCCCc3ccccc3C(=O)O)CCCCC2)c1. The maximum Gasteiger partial charge on any atom is 0.335 e. The Kier molecular flexibility index (Phi) is 11.1. The fourth-order valence-electron chi connectivity index (χ4n) is 6.29. The van der Waals surface area contributed by atoms with Crippen LogP contribution in [-0.4, -0.2) is 41.4 Å². The fraction of sp³-hybridized carbons (Fsp3) is 0.472. The average molecular weight is 593 g/mol. The van der Waals surface area contributed by atoms with E-state index in [1.165, 1.54) is 29.7 Å². The van der Waals surface area contributed by atoms with Crippen LogP contribution in [0.3, 0.4) is 0 Å². The lowest BCUT2D eigenvalue weighted by atomic mass is 9.74. The van der Waals surface area contributed by atoms with Crippen molar-refractivity contribution in [2.75, 3.05) is 13.1 Å². The number of nitrogens with one attached hydrogen (secondary N) is 2. The molecule has 0 spiro atoms. The predicted octanol–water partition coefficient (Wildman–Crippen LogP) is 6.90. The number of hydrogen-bond acceptors (Lipinski definition) is 4. The molecule has 0 saturated heterocycles. The van der Waals surface area contributed by atoms with Gasteiger partial charge in [0, 0.05) is 24.2 Å². The lowest BCUT2D eigenvalue weighted by Crippen LogP contribution is -2.52. The zero-order valence-corrected chi connectivity index (χ0v) is 25.6. The van der Waals surface area contributed by atoms with Gasteiger partial charge in [-0.2, -0.15) is 0 Å². The average Bonchev–Trinajstić information content (AvgIpc) is 2.97. The number of carbonyl (C=O) groups is 1. The van der Waals surface area contributed by atoms with Crippen molar-refractivity contribution in [3.05, 3.63) is 106 Å². The van der Waals surface area contributed by atoms with Crippen LogP contribution in [0.4, 0.5) is 8.78 Å². The van der Waals surface area contributed by atoms with Crippen molar-refractivity contribution in [3.8, 4) is 0 Å². The highest BCUT2D eigenvalue weighted by Gasteiger charge is 2.35. The molecule has 0 heterocycles. The van der Waals surface area contributed by atoms with Crippen molar-refractivity contribution in [3.63, 3.8) is 0 Å². The van der Waals surface area contributed by atoms with Gasteiger partial charge in [0.25, 0.3) is 0 Å². The van der Waals surface area contributed by atoms with Crippen LogP contribution in [0.5, 0.6) is 0 Å². The summed E-state index contributed by atoms with van der Waals surface area (Å²) in [4.78, 5) is 11.6. The minimum absolute atomic E-state index is 0.0195. The highest BCUT2D eigenvalue weighted by Crippen LogP contribution is 2.38. The zero-order chi connectivity index (χ0) is 31.0. The largest absolute Gasteiger partial charge is 0.478 e. The number of carboxylic acid groups (broad SMARTS) is 1. The van der Waals surface area contributed by atoms with Gasteiger partial charge in [-0.25, -0.2) is 13.6 Å². The fourth-order valence-corrected chi connectivity index (χ4v) is 6.29. The van der Waals surface area contributed by atoms with Crippen LogP contribution in [-0.2, 0) is 23.8 Å². The Hall–Kier alpha value is -3.13. The molecular weight excluding hydrogens is 546 g/mol. The van der Waals surface area contributed by atoms with Crippen molar-refractivity contribution in [2.24, 2.45) is 0 Å². The van der Waals surface area contributed by atoms with E-state index in [1.54, 1.807) is 12.1 Å². The van der Waals surface area contributed by atoms with Crippen molar-refractivity contribution >= 4 is 5.97 Å². The minimum Gasteiger partial charge on any atom is -0.478 e. The molecule has 1 aliphatic carbocycles. The second-order valence-electron chi connectivity index (χ2n) is 13.0. The standard InChI is InChI=1S/C36H46F2N2O3/c1-35(2,3)27-13-9-14-28(22-27)36(16-7-4-8-17-36)40-24-33(41)32(21-25-19-29(37)23-30(38)20-25)39-18-10-12-26-11-5-6-15-31(26)34(42)43/h5-6,9,11,13-15,19-20,22-23,32-33,39-41H,4,7-8,10,12,16-18,21,24H2,1-3H3,(H,42,43)/t32-,33+/m0/s1. The predicted molar refractivity (Wildman–Crippen MR) is 167 cm³/mol. The van der Waals surface area contributed by atoms with Crippen molar-refractivity contribution in [1.82, 2.24) is 10.6 Å². The molecule has 3 aromatic carbocycles. The summed E-state index contributed by atoms with van der Waals surface area (Å²) in [5.41, 5.74) is 3.78. The van der Waals surface area contributed by atoms with E-state index in [9.17, 15) is 23.8 Å². The first-order valence-corrected chi connectivity index (χ1v) is 15.5. The molecule has 0 amide bonds. The van der Waals surface area contributed by atoms with Gasteiger partial charge in [-0.1, -0.05) is 82.5 Å². The number of rotatable bonds is 13. The van der Waals surface area contributed by atoms with Crippen LogP contribution in [0.1, 0.15) is 91.9 Å². The third kappa shape index (κ3) is 8.94. The molecule has 43 heavy (non-hydrogen) atoms. The van der Waals surface area contributed by atoms with E-state index >= 15 is 0 Å². The Morgan fingerprint density at radius 2 is 1.65 bits per heavy atom. The first-order chi connectivity index (χ1) is 20.5. The van der Waals surface area contributed by atoms with Crippen LogP contribution in [0.25, 0.3) is 0 Å². The number of aliphatic hydroxyl groups excluding tert-OH is 1. The molecule has 0 aromatic heterocycles. The Morgan fingerprint density at radius 1 is 0.953 bits per heavy atom. The van der Waals surface area contributed by atoms with Gasteiger partial charge in [0.1, 0.15) is 11.6 Å². The second kappa shape index (κ2) is 14.6. The van der Waals surface area contributed by atoms with Gasteiger partial charge >= 0.3 is 5.97 Å². The maximum atomic E-state index is 14.0. The highest BCUT2D eigenvalue weighted by atomic mass is 19.1. The lowest BCUT2D eigenvalue weighted by molar-refractivity contribution is 0.0695. The first kappa shape index (κ1) is 32.8. The quantitative estimate of drug-likeness (QED) is 0.162. The molecule has 2 atom stereocenters. The molecule has 7 heteroatoms. The molecule has 0 radical (unpaired) electrons. The van der Waals surface area contributed by atoms with Crippen LogP contribution < -0.4 is 10.6 Å². The molecule has 3 aromatic rings. The zero-order valence-electron chi connectivity index (χ0n) is 25.6. The summed E-state index contributed by atoms with van der Waals surface area (Å²) >= 11 is 0. The lowest BCUT2D eigenvalue weighted by Gasteiger charge is -2.41. The Bertz CT molecular complexity index is 1340. The van der Waals surface area contributed by atoms with Gasteiger partial charge in [0.2, 0.25) is 0 Å². The van der Waals surface area contributed by atoms with E-state index in [2.05, 4.69) is 55.7 Å². The molecule has 1 aliphatic rings. The number of aryl methyl sites for hydroxylation is 1. The van der Waals surface area contributed by atoms with E-state index in [1.807, 2.05) is 12.1 Å². The van der Waals surface area contributed by atoms with Crippen molar-refractivity contribution in [2.45, 2.75) is 95.2 Å². The van der Waals surface area contributed by atoms with E-state index in [0.717, 1.165) is 37.3 Å². The summed E-state index contributed by atoms with van der Waals surface area (Å²) in [6.45, 7) is 7.46. The Morgan fingerprint density at radius 3 is 2.33 bits per heavy atom. The molecule has 5 nitrogen and oxygen atoms in total. The van der Waals surface area contributed by atoms with E-state index in [-0.39, 0.29) is 22.9 Å².